The average molecular weight is 208 g/mol. The summed E-state index contributed by atoms with van der Waals surface area (Å²) >= 11 is 0. The van der Waals surface area contributed by atoms with E-state index in [-0.39, 0.29) is 12.5 Å². The summed E-state index contributed by atoms with van der Waals surface area (Å²) in [5.41, 5.74) is 1.01. The lowest BCUT2D eigenvalue weighted by Gasteiger charge is -2.02. The first-order valence-electron chi connectivity index (χ1n) is 5.10. The molecule has 15 heavy (non-hydrogen) atoms. The van der Waals surface area contributed by atoms with Gasteiger partial charge in [-0.25, -0.2) is 0 Å². The third-order valence-electron chi connectivity index (χ3n) is 2.00. The SMILES string of the molecule is O=C(CCCc1ccccn1)NCCO. The molecule has 0 unspecified atom stereocenters. The summed E-state index contributed by atoms with van der Waals surface area (Å²) in [6.07, 6.45) is 3.83. The van der Waals surface area contributed by atoms with Gasteiger partial charge in [-0.3, -0.25) is 9.78 Å². The van der Waals surface area contributed by atoms with Crippen molar-refractivity contribution in [3.63, 3.8) is 0 Å². The van der Waals surface area contributed by atoms with Gasteiger partial charge in [-0.05, 0) is 25.0 Å². The summed E-state index contributed by atoms with van der Waals surface area (Å²) in [5, 5.41) is 11.1. The van der Waals surface area contributed by atoms with Gasteiger partial charge in [0.15, 0.2) is 0 Å². The highest BCUT2D eigenvalue weighted by Crippen LogP contribution is 2.00. The first-order valence-corrected chi connectivity index (χ1v) is 5.10. The van der Waals surface area contributed by atoms with Crippen LogP contribution in [0.5, 0.6) is 0 Å². The summed E-state index contributed by atoms with van der Waals surface area (Å²) in [6.45, 7) is 0.328. The number of aliphatic hydroxyl groups excluding tert-OH is 1. The molecule has 0 aliphatic heterocycles. The molecule has 0 bridgehead atoms. The molecule has 0 saturated carbocycles. The van der Waals surface area contributed by atoms with Crippen LogP contribution in [0.2, 0.25) is 0 Å². The fourth-order valence-corrected chi connectivity index (χ4v) is 1.26. The predicted octanol–water partition coefficient (Wildman–Crippen LogP) is 0.513. The molecule has 1 rings (SSSR count). The van der Waals surface area contributed by atoms with Crippen LogP contribution in [0, 0.1) is 0 Å². The summed E-state index contributed by atoms with van der Waals surface area (Å²) in [7, 11) is 0. The van der Waals surface area contributed by atoms with Gasteiger partial charge in [-0.2, -0.15) is 0 Å². The van der Waals surface area contributed by atoms with Crippen molar-refractivity contribution in [3.8, 4) is 0 Å². The fraction of sp³-hybridized carbons (Fsp3) is 0.455. The molecule has 0 atom stereocenters. The normalized spacial score (nSPS) is 9.93. The van der Waals surface area contributed by atoms with E-state index in [9.17, 15) is 4.79 Å². The van der Waals surface area contributed by atoms with Crippen LogP contribution in [-0.4, -0.2) is 29.1 Å². The third-order valence-corrected chi connectivity index (χ3v) is 2.00. The largest absolute Gasteiger partial charge is 0.395 e. The van der Waals surface area contributed by atoms with Crippen LogP contribution >= 0.6 is 0 Å². The average Bonchev–Trinajstić information content (AvgIpc) is 2.28. The van der Waals surface area contributed by atoms with Crippen molar-refractivity contribution < 1.29 is 9.90 Å². The zero-order chi connectivity index (χ0) is 10.9. The molecule has 2 N–H and O–H groups in total. The molecule has 1 heterocycles. The van der Waals surface area contributed by atoms with Crippen LogP contribution in [0.4, 0.5) is 0 Å². The van der Waals surface area contributed by atoms with E-state index in [1.165, 1.54) is 0 Å². The number of aliphatic hydroxyl groups is 1. The molecule has 0 aliphatic carbocycles. The molecule has 0 aliphatic rings. The molecule has 0 saturated heterocycles. The number of pyridine rings is 1. The van der Waals surface area contributed by atoms with E-state index in [1.807, 2.05) is 18.2 Å². The third kappa shape index (κ3) is 5.12. The molecule has 0 aromatic carbocycles. The summed E-state index contributed by atoms with van der Waals surface area (Å²) < 4.78 is 0. The van der Waals surface area contributed by atoms with Crippen LogP contribution in [0.15, 0.2) is 24.4 Å². The molecular formula is C11H16N2O2. The lowest BCUT2D eigenvalue weighted by Crippen LogP contribution is -2.26. The lowest BCUT2D eigenvalue weighted by molar-refractivity contribution is -0.121. The summed E-state index contributed by atoms with van der Waals surface area (Å²) in [4.78, 5) is 15.3. The second-order valence-corrected chi connectivity index (χ2v) is 3.25. The first kappa shape index (κ1) is 11.7. The van der Waals surface area contributed by atoms with E-state index < -0.39 is 0 Å². The van der Waals surface area contributed by atoms with Gasteiger partial charge in [-0.1, -0.05) is 6.07 Å². The van der Waals surface area contributed by atoms with Gasteiger partial charge in [0.1, 0.15) is 0 Å². The van der Waals surface area contributed by atoms with Crippen molar-refractivity contribution in [3.05, 3.63) is 30.1 Å². The van der Waals surface area contributed by atoms with Crippen LogP contribution in [0.25, 0.3) is 0 Å². The van der Waals surface area contributed by atoms with Gasteiger partial charge >= 0.3 is 0 Å². The smallest absolute Gasteiger partial charge is 0.220 e. The van der Waals surface area contributed by atoms with E-state index in [0.717, 1.165) is 18.5 Å². The Morgan fingerprint density at radius 3 is 3.00 bits per heavy atom. The maximum absolute atomic E-state index is 11.1. The maximum Gasteiger partial charge on any atom is 0.220 e. The van der Waals surface area contributed by atoms with E-state index in [2.05, 4.69) is 10.3 Å². The Kier molecular flexibility index (Phi) is 5.40. The van der Waals surface area contributed by atoms with E-state index in [0.29, 0.717) is 13.0 Å². The number of aromatic nitrogens is 1. The first-order chi connectivity index (χ1) is 7.33. The Bertz CT molecular complexity index is 288. The highest BCUT2D eigenvalue weighted by Gasteiger charge is 2.00. The molecule has 4 heteroatoms. The Labute approximate surface area is 89.3 Å². The van der Waals surface area contributed by atoms with E-state index in [4.69, 9.17) is 5.11 Å². The molecule has 1 amide bonds. The molecule has 1 aromatic rings. The minimum atomic E-state index is -0.0139. The lowest BCUT2D eigenvalue weighted by atomic mass is 10.2. The molecule has 0 radical (unpaired) electrons. The Morgan fingerprint density at radius 2 is 2.33 bits per heavy atom. The number of aryl methyl sites for hydroxylation is 1. The number of hydrogen-bond acceptors (Lipinski definition) is 3. The van der Waals surface area contributed by atoms with Gasteiger partial charge in [0.2, 0.25) is 5.91 Å². The maximum atomic E-state index is 11.1. The second-order valence-electron chi connectivity index (χ2n) is 3.25. The van der Waals surface area contributed by atoms with Gasteiger partial charge in [0.05, 0.1) is 6.61 Å². The van der Waals surface area contributed by atoms with E-state index >= 15 is 0 Å². The van der Waals surface area contributed by atoms with E-state index in [1.54, 1.807) is 6.20 Å². The number of carbonyl (C=O) groups excluding carboxylic acids is 1. The number of amides is 1. The molecule has 1 aromatic heterocycles. The topological polar surface area (TPSA) is 62.2 Å². The van der Waals surface area contributed by atoms with Crippen molar-refractivity contribution >= 4 is 5.91 Å². The Balaban J connectivity index is 2.14. The summed E-state index contributed by atoms with van der Waals surface area (Å²) in [5.74, 6) is -0.0139. The number of nitrogens with one attached hydrogen (secondary N) is 1. The van der Waals surface area contributed by atoms with Crippen molar-refractivity contribution in [2.75, 3.05) is 13.2 Å². The van der Waals surface area contributed by atoms with Crippen LogP contribution in [0.3, 0.4) is 0 Å². The standard InChI is InChI=1S/C11H16N2O2/c14-9-8-13-11(15)6-3-5-10-4-1-2-7-12-10/h1-2,4,7,14H,3,5-6,8-9H2,(H,13,15). The highest BCUT2D eigenvalue weighted by atomic mass is 16.3. The Hall–Kier alpha value is -1.42. The van der Waals surface area contributed by atoms with Crippen molar-refractivity contribution in [1.29, 1.82) is 0 Å². The van der Waals surface area contributed by atoms with Crippen molar-refractivity contribution in [1.82, 2.24) is 10.3 Å². The number of rotatable bonds is 6. The quantitative estimate of drug-likeness (QED) is 0.716. The second kappa shape index (κ2) is 6.95. The van der Waals surface area contributed by atoms with Crippen LogP contribution in [0.1, 0.15) is 18.5 Å². The minimum Gasteiger partial charge on any atom is -0.395 e. The molecule has 0 spiro atoms. The molecule has 82 valence electrons. The van der Waals surface area contributed by atoms with Gasteiger partial charge in [0, 0.05) is 24.9 Å². The number of carbonyl (C=O) groups is 1. The number of hydrogen-bond donors (Lipinski definition) is 2. The van der Waals surface area contributed by atoms with Gasteiger partial charge in [0.25, 0.3) is 0 Å². The van der Waals surface area contributed by atoms with Crippen molar-refractivity contribution in [2.45, 2.75) is 19.3 Å². The predicted molar refractivity (Wildman–Crippen MR) is 57.3 cm³/mol. The molecular weight excluding hydrogens is 192 g/mol. The minimum absolute atomic E-state index is 0.00796. The zero-order valence-electron chi connectivity index (χ0n) is 8.65. The monoisotopic (exact) mass is 208 g/mol. The fourth-order valence-electron chi connectivity index (χ4n) is 1.26. The van der Waals surface area contributed by atoms with Gasteiger partial charge in [-0.15, -0.1) is 0 Å². The highest BCUT2D eigenvalue weighted by molar-refractivity contribution is 5.75. The van der Waals surface area contributed by atoms with Crippen molar-refractivity contribution in [2.24, 2.45) is 0 Å². The van der Waals surface area contributed by atoms with Gasteiger partial charge < -0.3 is 10.4 Å². The van der Waals surface area contributed by atoms with Crippen LogP contribution < -0.4 is 5.32 Å². The summed E-state index contributed by atoms with van der Waals surface area (Å²) in [6, 6.07) is 5.76. The zero-order valence-corrected chi connectivity index (χ0v) is 8.65. The van der Waals surface area contributed by atoms with Crippen LogP contribution in [-0.2, 0) is 11.2 Å². The Morgan fingerprint density at radius 1 is 1.47 bits per heavy atom. The number of nitrogens with zero attached hydrogens (tertiary/aromatic N) is 1. The molecule has 0 fully saturated rings. The molecule has 4 nitrogen and oxygen atoms in total.